The maximum atomic E-state index is 4.52. The van der Waals surface area contributed by atoms with Crippen LogP contribution < -0.4 is 5.32 Å². The highest BCUT2D eigenvalue weighted by molar-refractivity contribution is 5.39. The van der Waals surface area contributed by atoms with Crippen molar-refractivity contribution in [1.29, 1.82) is 0 Å². The van der Waals surface area contributed by atoms with Crippen molar-refractivity contribution < 1.29 is 0 Å². The van der Waals surface area contributed by atoms with Crippen LogP contribution in [0, 0.1) is 13.8 Å². The van der Waals surface area contributed by atoms with Crippen LogP contribution in [0.25, 0.3) is 0 Å². The third-order valence-corrected chi connectivity index (χ3v) is 3.47. The van der Waals surface area contributed by atoms with Crippen molar-refractivity contribution in [2.75, 3.05) is 7.05 Å². The molecule has 1 aromatic carbocycles. The summed E-state index contributed by atoms with van der Waals surface area (Å²) in [7, 11) is 1.99. The highest BCUT2D eigenvalue weighted by Gasteiger charge is 2.20. The van der Waals surface area contributed by atoms with E-state index in [4.69, 9.17) is 0 Å². The topological polar surface area (TPSA) is 29.9 Å². The van der Waals surface area contributed by atoms with Gasteiger partial charge in [0.25, 0.3) is 0 Å². The number of hydrogen-bond acceptors (Lipinski definition) is 2. The van der Waals surface area contributed by atoms with E-state index in [0.29, 0.717) is 0 Å². The lowest BCUT2D eigenvalue weighted by Gasteiger charge is -2.21. The van der Waals surface area contributed by atoms with Crippen LogP contribution >= 0.6 is 0 Å². The molecule has 2 rings (SSSR count). The molecule has 1 unspecified atom stereocenters. The summed E-state index contributed by atoms with van der Waals surface area (Å²) in [6, 6.07) is 6.58. The Labute approximate surface area is 109 Å². The molecule has 0 saturated heterocycles. The number of imidazole rings is 1. The Morgan fingerprint density at radius 2 is 1.94 bits per heavy atom. The van der Waals surface area contributed by atoms with E-state index in [9.17, 15) is 0 Å². The molecule has 0 aliphatic rings. The molecule has 1 heterocycles. The molecule has 18 heavy (non-hydrogen) atoms. The maximum Gasteiger partial charge on any atom is 0.130 e. The normalized spacial score (nSPS) is 12.7. The summed E-state index contributed by atoms with van der Waals surface area (Å²) < 4.78 is 2.19. The predicted octanol–water partition coefficient (Wildman–Crippen LogP) is 2.83. The first-order chi connectivity index (χ1) is 8.69. The lowest BCUT2D eigenvalue weighted by Crippen LogP contribution is -2.23. The number of benzene rings is 1. The number of nitrogens with one attached hydrogen (secondary N) is 1. The minimum atomic E-state index is 0.154. The van der Waals surface area contributed by atoms with Crippen LogP contribution in [0.3, 0.4) is 0 Å². The molecule has 1 aromatic heterocycles. The molecule has 0 aliphatic heterocycles. The monoisotopic (exact) mass is 243 g/mol. The summed E-state index contributed by atoms with van der Waals surface area (Å²) in [6.45, 7) is 7.40. The lowest BCUT2D eigenvalue weighted by molar-refractivity contribution is 0.586. The number of rotatable bonds is 4. The molecule has 0 bridgehead atoms. The first-order valence-electron chi connectivity index (χ1n) is 6.43. The Morgan fingerprint density at radius 3 is 2.50 bits per heavy atom. The predicted molar refractivity (Wildman–Crippen MR) is 74.7 cm³/mol. The van der Waals surface area contributed by atoms with E-state index in [1.807, 2.05) is 19.4 Å². The smallest absolute Gasteiger partial charge is 0.130 e. The third kappa shape index (κ3) is 2.18. The van der Waals surface area contributed by atoms with Crippen molar-refractivity contribution in [2.45, 2.75) is 33.4 Å². The fourth-order valence-corrected chi connectivity index (χ4v) is 2.53. The molecule has 0 spiro atoms. The fraction of sp³-hybridized carbons (Fsp3) is 0.400. The highest BCUT2D eigenvalue weighted by atomic mass is 15.1. The van der Waals surface area contributed by atoms with Gasteiger partial charge in [0, 0.05) is 18.9 Å². The average molecular weight is 243 g/mol. The van der Waals surface area contributed by atoms with Crippen LogP contribution in [0.4, 0.5) is 0 Å². The Hall–Kier alpha value is -1.61. The van der Waals surface area contributed by atoms with Crippen LogP contribution in [0.2, 0.25) is 0 Å². The Kier molecular flexibility index (Phi) is 3.82. The van der Waals surface area contributed by atoms with Gasteiger partial charge in [-0.2, -0.15) is 0 Å². The quantitative estimate of drug-likeness (QED) is 0.895. The van der Waals surface area contributed by atoms with Gasteiger partial charge in [-0.05, 0) is 44.5 Å². The summed E-state index contributed by atoms with van der Waals surface area (Å²) in [5, 5.41) is 3.39. The van der Waals surface area contributed by atoms with Gasteiger partial charge in [0.15, 0.2) is 0 Å². The molecule has 3 heteroatoms. The van der Waals surface area contributed by atoms with E-state index < -0.39 is 0 Å². The summed E-state index contributed by atoms with van der Waals surface area (Å²) >= 11 is 0. The van der Waals surface area contributed by atoms with Crippen LogP contribution in [-0.4, -0.2) is 16.6 Å². The standard InChI is InChI=1S/C15H21N3/c1-5-18-10-9-17-15(18)14(16-4)13-11(2)7-6-8-12(13)3/h6-10,14,16H,5H2,1-4H3. The molecule has 1 N–H and O–H groups in total. The molecule has 0 fully saturated rings. The maximum absolute atomic E-state index is 4.52. The highest BCUT2D eigenvalue weighted by Crippen LogP contribution is 2.26. The zero-order valence-electron chi connectivity index (χ0n) is 11.6. The van der Waals surface area contributed by atoms with Crippen molar-refractivity contribution in [2.24, 2.45) is 0 Å². The van der Waals surface area contributed by atoms with E-state index in [1.165, 1.54) is 16.7 Å². The van der Waals surface area contributed by atoms with E-state index in [1.54, 1.807) is 0 Å². The van der Waals surface area contributed by atoms with Gasteiger partial charge in [-0.25, -0.2) is 4.98 Å². The third-order valence-electron chi connectivity index (χ3n) is 3.47. The molecule has 0 amide bonds. The van der Waals surface area contributed by atoms with Gasteiger partial charge in [-0.1, -0.05) is 18.2 Å². The van der Waals surface area contributed by atoms with Gasteiger partial charge in [0.1, 0.15) is 5.82 Å². The van der Waals surface area contributed by atoms with Gasteiger partial charge >= 0.3 is 0 Å². The van der Waals surface area contributed by atoms with Gasteiger partial charge in [0.2, 0.25) is 0 Å². The zero-order chi connectivity index (χ0) is 13.1. The van der Waals surface area contributed by atoms with Gasteiger partial charge < -0.3 is 9.88 Å². The lowest BCUT2D eigenvalue weighted by atomic mass is 9.95. The van der Waals surface area contributed by atoms with E-state index in [2.05, 4.69) is 53.8 Å². The number of hydrogen-bond donors (Lipinski definition) is 1. The average Bonchev–Trinajstić information content (AvgIpc) is 2.82. The molecule has 0 saturated carbocycles. The van der Waals surface area contributed by atoms with Crippen LogP contribution in [0.15, 0.2) is 30.6 Å². The number of nitrogens with zero attached hydrogens (tertiary/aromatic N) is 2. The van der Waals surface area contributed by atoms with Crippen LogP contribution in [-0.2, 0) is 6.54 Å². The summed E-state index contributed by atoms with van der Waals surface area (Å²) in [6.07, 6.45) is 3.91. The molecule has 2 aromatic rings. The zero-order valence-corrected chi connectivity index (χ0v) is 11.6. The SMILES string of the molecule is CCn1ccnc1C(NC)c1c(C)cccc1C. The number of aryl methyl sites for hydroxylation is 3. The molecular formula is C15H21N3. The van der Waals surface area contributed by atoms with Gasteiger partial charge in [0.05, 0.1) is 6.04 Å². The van der Waals surface area contributed by atoms with E-state index >= 15 is 0 Å². The molecule has 0 aliphatic carbocycles. The molecule has 3 nitrogen and oxygen atoms in total. The van der Waals surface area contributed by atoms with Gasteiger partial charge in [-0.3, -0.25) is 0 Å². The largest absolute Gasteiger partial charge is 0.334 e. The molecular weight excluding hydrogens is 222 g/mol. The Balaban J connectivity index is 2.52. The second-order valence-electron chi connectivity index (χ2n) is 4.60. The summed E-state index contributed by atoms with van der Waals surface area (Å²) in [4.78, 5) is 4.52. The Bertz CT molecular complexity index is 508. The van der Waals surface area contributed by atoms with Crippen LogP contribution in [0.5, 0.6) is 0 Å². The van der Waals surface area contributed by atoms with Crippen LogP contribution in [0.1, 0.15) is 35.5 Å². The van der Waals surface area contributed by atoms with E-state index in [0.717, 1.165) is 12.4 Å². The molecule has 0 radical (unpaired) electrons. The first-order valence-corrected chi connectivity index (χ1v) is 6.43. The van der Waals surface area contributed by atoms with Crippen molar-refractivity contribution in [3.63, 3.8) is 0 Å². The minimum absolute atomic E-state index is 0.154. The number of aromatic nitrogens is 2. The molecule has 1 atom stereocenters. The van der Waals surface area contributed by atoms with Crippen molar-refractivity contribution >= 4 is 0 Å². The van der Waals surface area contributed by atoms with Gasteiger partial charge in [-0.15, -0.1) is 0 Å². The summed E-state index contributed by atoms with van der Waals surface area (Å²) in [5.41, 5.74) is 3.95. The van der Waals surface area contributed by atoms with Crippen molar-refractivity contribution in [1.82, 2.24) is 14.9 Å². The minimum Gasteiger partial charge on any atom is -0.334 e. The van der Waals surface area contributed by atoms with E-state index in [-0.39, 0.29) is 6.04 Å². The fourth-order valence-electron chi connectivity index (χ4n) is 2.53. The first kappa shape index (κ1) is 12.8. The Morgan fingerprint density at radius 1 is 1.28 bits per heavy atom. The second kappa shape index (κ2) is 5.36. The summed E-state index contributed by atoms with van der Waals surface area (Å²) in [5.74, 6) is 1.08. The molecule has 96 valence electrons. The van der Waals surface area contributed by atoms with Crippen molar-refractivity contribution in [3.05, 3.63) is 53.1 Å². The second-order valence-corrected chi connectivity index (χ2v) is 4.60. The van der Waals surface area contributed by atoms with Crippen molar-refractivity contribution in [3.8, 4) is 0 Å².